The van der Waals surface area contributed by atoms with E-state index in [0.717, 1.165) is 68.5 Å². The number of esters is 1. The standard InChI is InChI=1S/C26H32N4O4S3/c1-16-12-17(14-35-16)23-28-29-26(30(23)13-18-8-7-11-34-18)36-15-21(31)27-24-22(25(32)33-2)19-9-5-3-4-6-10-20(19)37-24/h12,14,18H,3-11,13,15H2,1-2H3,(H,27,31). The van der Waals surface area contributed by atoms with Gasteiger partial charge >= 0.3 is 5.97 Å². The summed E-state index contributed by atoms with van der Waals surface area (Å²) in [6.45, 7) is 3.51. The summed E-state index contributed by atoms with van der Waals surface area (Å²) in [5.74, 6) is 0.404. The minimum atomic E-state index is -0.381. The number of rotatable bonds is 8. The van der Waals surface area contributed by atoms with Crippen molar-refractivity contribution < 1.29 is 19.1 Å². The van der Waals surface area contributed by atoms with Crippen molar-refractivity contribution >= 4 is 51.3 Å². The van der Waals surface area contributed by atoms with Crippen LogP contribution in [0.2, 0.25) is 0 Å². The van der Waals surface area contributed by atoms with Crippen molar-refractivity contribution in [2.45, 2.75) is 76.1 Å². The molecule has 1 atom stereocenters. The van der Waals surface area contributed by atoms with Gasteiger partial charge in [-0.2, -0.15) is 0 Å². The zero-order valence-electron chi connectivity index (χ0n) is 21.2. The molecule has 1 aliphatic heterocycles. The molecule has 1 saturated heterocycles. The Labute approximate surface area is 229 Å². The van der Waals surface area contributed by atoms with Gasteiger partial charge in [-0.05, 0) is 57.1 Å². The highest BCUT2D eigenvalue weighted by atomic mass is 32.2. The number of hydrogen-bond acceptors (Lipinski definition) is 9. The van der Waals surface area contributed by atoms with Gasteiger partial charge in [0.25, 0.3) is 0 Å². The van der Waals surface area contributed by atoms with Crippen LogP contribution in [0.1, 0.15) is 64.2 Å². The number of amides is 1. The predicted molar refractivity (Wildman–Crippen MR) is 148 cm³/mol. The molecule has 1 amide bonds. The highest BCUT2D eigenvalue weighted by Gasteiger charge is 2.27. The van der Waals surface area contributed by atoms with Crippen molar-refractivity contribution in [3.63, 3.8) is 0 Å². The Balaban J connectivity index is 1.33. The van der Waals surface area contributed by atoms with Crippen molar-refractivity contribution in [1.29, 1.82) is 0 Å². The lowest BCUT2D eigenvalue weighted by molar-refractivity contribution is -0.113. The Bertz CT molecular complexity index is 1260. The molecule has 3 aromatic rings. The molecule has 11 heteroatoms. The van der Waals surface area contributed by atoms with Crippen LogP contribution in [-0.2, 0) is 33.7 Å². The third-order valence-corrected chi connectivity index (χ3v) is 9.80. The first-order valence-corrected chi connectivity index (χ1v) is 15.5. The Morgan fingerprint density at radius 1 is 1.22 bits per heavy atom. The van der Waals surface area contributed by atoms with Gasteiger partial charge in [-0.15, -0.1) is 32.9 Å². The van der Waals surface area contributed by atoms with Gasteiger partial charge in [0.15, 0.2) is 11.0 Å². The molecular weight excluding hydrogens is 529 g/mol. The van der Waals surface area contributed by atoms with Crippen LogP contribution >= 0.6 is 34.4 Å². The highest BCUT2D eigenvalue weighted by molar-refractivity contribution is 7.99. The lowest BCUT2D eigenvalue weighted by atomic mass is 9.96. The topological polar surface area (TPSA) is 95.3 Å². The Morgan fingerprint density at radius 2 is 2.05 bits per heavy atom. The number of thioether (sulfide) groups is 1. The first-order chi connectivity index (χ1) is 18.0. The first-order valence-electron chi connectivity index (χ1n) is 12.8. The lowest BCUT2D eigenvalue weighted by Crippen LogP contribution is -2.18. The monoisotopic (exact) mass is 560 g/mol. The number of nitrogens with zero attached hydrogens (tertiary/aromatic N) is 3. The summed E-state index contributed by atoms with van der Waals surface area (Å²) >= 11 is 4.55. The van der Waals surface area contributed by atoms with Crippen LogP contribution in [0, 0.1) is 6.92 Å². The molecule has 0 spiro atoms. The molecule has 2 aliphatic rings. The van der Waals surface area contributed by atoms with E-state index in [1.807, 2.05) is 0 Å². The average molecular weight is 561 g/mol. The van der Waals surface area contributed by atoms with Gasteiger partial charge in [0.05, 0.1) is 31.1 Å². The number of fused-ring (bicyclic) bond motifs is 1. The predicted octanol–water partition coefficient (Wildman–Crippen LogP) is 5.73. The van der Waals surface area contributed by atoms with Gasteiger partial charge < -0.3 is 14.8 Å². The smallest absolute Gasteiger partial charge is 0.341 e. The fraction of sp³-hybridized carbons (Fsp3) is 0.538. The van der Waals surface area contributed by atoms with Crippen LogP contribution in [-0.4, -0.2) is 52.2 Å². The minimum Gasteiger partial charge on any atom is -0.465 e. The maximum atomic E-state index is 13.1. The van der Waals surface area contributed by atoms with Crippen molar-refractivity contribution in [3.8, 4) is 11.4 Å². The Morgan fingerprint density at radius 3 is 2.78 bits per heavy atom. The summed E-state index contributed by atoms with van der Waals surface area (Å²) in [5, 5.41) is 15.3. The Hall–Kier alpha value is -2.21. The molecule has 1 aliphatic carbocycles. The number of carbonyl (C=O) groups excluding carboxylic acids is 2. The average Bonchev–Trinajstić information content (AvgIpc) is 3.66. The van der Waals surface area contributed by atoms with E-state index in [-0.39, 0.29) is 23.7 Å². The van der Waals surface area contributed by atoms with Crippen molar-refractivity contribution in [1.82, 2.24) is 14.8 Å². The summed E-state index contributed by atoms with van der Waals surface area (Å²) in [4.78, 5) is 28.1. The molecule has 0 saturated carbocycles. The quantitative estimate of drug-likeness (QED) is 0.278. The maximum absolute atomic E-state index is 13.1. The minimum absolute atomic E-state index is 0.121. The van der Waals surface area contributed by atoms with Gasteiger partial charge in [0.1, 0.15) is 5.00 Å². The summed E-state index contributed by atoms with van der Waals surface area (Å²) < 4.78 is 13.0. The molecule has 1 fully saturated rings. The van der Waals surface area contributed by atoms with Crippen molar-refractivity contribution in [2.24, 2.45) is 0 Å². The summed E-state index contributed by atoms with van der Waals surface area (Å²) in [6.07, 6.45) is 8.46. The summed E-state index contributed by atoms with van der Waals surface area (Å²) in [5.41, 5.74) is 2.61. The van der Waals surface area contributed by atoms with E-state index in [9.17, 15) is 9.59 Å². The number of carbonyl (C=O) groups is 2. The summed E-state index contributed by atoms with van der Waals surface area (Å²) in [6, 6.07) is 2.11. The van der Waals surface area contributed by atoms with E-state index in [4.69, 9.17) is 9.47 Å². The highest BCUT2D eigenvalue weighted by Crippen LogP contribution is 2.38. The van der Waals surface area contributed by atoms with Crippen LogP contribution in [0.4, 0.5) is 5.00 Å². The number of methoxy groups -OCH3 is 1. The van der Waals surface area contributed by atoms with Gasteiger partial charge in [-0.1, -0.05) is 24.6 Å². The SMILES string of the molecule is COC(=O)c1c(NC(=O)CSc2nnc(-c3csc(C)c3)n2CC2CCCO2)sc2c1CCCCCC2. The van der Waals surface area contributed by atoms with Crippen LogP contribution in [0.5, 0.6) is 0 Å². The number of anilines is 1. The third-order valence-electron chi connectivity index (χ3n) is 6.76. The number of hydrogen-bond donors (Lipinski definition) is 1. The third kappa shape index (κ3) is 6.10. The van der Waals surface area contributed by atoms with Crippen LogP contribution in [0.15, 0.2) is 16.6 Å². The molecule has 37 heavy (non-hydrogen) atoms. The summed E-state index contributed by atoms with van der Waals surface area (Å²) in [7, 11) is 1.39. The van der Waals surface area contributed by atoms with Crippen LogP contribution < -0.4 is 5.32 Å². The molecule has 5 rings (SSSR count). The van der Waals surface area contributed by atoms with Crippen molar-refractivity contribution in [3.05, 3.63) is 32.3 Å². The number of aryl methyl sites for hydroxylation is 2. The number of aromatic nitrogens is 3. The maximum Gasteiger partial charge on any atom is 0.341 e. The molecular formula is C26H32N4O4S3. The molecule has 0 bridgehead atoms. The number of ether oxygens (including phenoxy) is 2. The lowest BCUT2D eigenvalue weighted by Gasteiger charge is -2.14. The molecule has 3 aromatic heterocycles. The largest absolute Gasteiger partial charge is 0.465 e. The molecule has 198 valence electrons. The van der Waals surface area contributed by atoms with E-state index in [0.29, 0.717) is 22.3 Å². The second-order valence-electron chi connectivity index (χ2n) is 9.45. The molecule has 8 nitrogen and oxygen atoms in total. The van der Waals surface area contributed by atoms with Crippen LogP contribution in [0.25, 0.3) is 11.4 Å². The van der Waals surface area contributed by atoms with E-state index in [1.54, 1.807) is 11.3 Å². The zero-order chi connectivity index (χ0) is 25.8. The molecule has 1 N–H and O–H groups in total. The van der Waals surface area contributed by atoms with Gasteiger partial charge in [-0.25, -0.2) is 4.79 Å². The fourth-order valence-corrected chi connectivity index (χ4v) is 7.67. The van der Waals surface area contributed by atoms with E-state index < -0.39 is 0 Å². The fourth-order valence-electron chi connectivity index (χ4n) is 4.94. The van der Waals surface area contributed by atoms with E-state index >= 15 is 0 Å². The second-order valence-corrected chi connectivity index (χ2v) is 12.6. The second kappa shape index (κ2) is 12.1. The van der Waals surface area contributed by atoms with Crippen LogP contribution in [0.3, 0.4) is 0 Å². The molecule has 0 radical (unpaired) electrons. The molecule has 1 unspecified atom stereocenters. The van der Waals surface area contributed by atoms with E-state index in [1.165, 1.54) is 46.4 Å². The molecule has 0 aromatic carbocycles. The van der Waals surface area contributed by atoms with Gasteiger partial charge in [0.2, 0.25) is 5.91 Å². The number of thiophene rings is 2. The molecule has 4 heterocycles. The van der Waals surface area contributed by atoms with E-state index in [2.05, 4.69) is 38.5 Å². The van der Waals surface area contributed by atoms with Gasteiger partial charge in [0, 0.05) is 27.3 Å². The number of nitrogens with one attached hydrogen (secondary N) is 1. The Kier molecular flexibility index (Phi) is 8.63. The van der Waals surface area contributed by atoms with Crippen molar-refractivity contribution in [2.75, 3.05) is 24.8 Å². The first kappa shape index (κ1) is 26.4. The van der Waals surface area contributed by atoms with Gasteiger partial charge in [-0.3, -0.25) is 9.36 Å². The zero-order valence-corrected chi connectivity index (χ0v) is 23.7. The normalized spacial score (nSPS) is 17.7.